The van der Waals surface area contributed by atoms with Gasteiger partial charge in [0.2, 0.25) is 0 Å². The van der Waals surface area contributed by atoms with E-state index < -0.39 is 16.1 Å². The lowest BCUT2D eigenvalue weighted by atomic mass is 10.3. The molecule has 1 N–H and O–H groups in total. The molecule has 128 valence electrons. The van der Waals surface area contributed by atoms with E-state index in [1.54, 1.807) is 0 Å². The van der Waals surface area contributed by atoms with Gasteiger partial charge in [-0.3, -0.25) is 4.57 Å². The van der Waals surface area contributed by atoms with Crippen molar-refractivity contribution in [2.45, 2.75) is 39.8 Å². The minimum Gasteiger partial charge on any atom is -0.378 e. The SMILES string of the molecule is COP(=O)(CCOCCOP(O)N(C(C)C)C(C)C)OC. The fraction of sp³-hybridized carbons (Fsp3) is 1.00. The van der Waals surface area contributed by atoms with E-state index in [2.05, 4.69) is 0 Å². The first-order valence-electron chi connectivity index (χ1n) is 6.95. The van der Waals surface area contributed by atoms with Crippen molar-refractivity contribution in [3.63, 3.8) is 0 Å². The average molecular weight is 345 g/mol. The molecular formula is C12H29NO6P2. The van der Waals surface area contributed by atoms with E-state index in [1.807, 2.05) is 32.4 Å². The summed E-state index contributed by atoms with van der Waals surface area (Å²) in [4.78, 5) is 10.0. The van der Waals surface area contributed by atoms with Crippen molar-refractivity contribution < 1.29 is 27.8 Å². The maximum atomic E-state index is 11.7. The van der Waals surface area contributed by atoms with Crippen LogP contribution in [0.3, 0.4) is 0 Å². The van der Waals surface area contributed by atoms with Crippen molar-refractivity contribution in [3.8, 4) is 0 Å². The van der Waals surface area contributed by atoms with Gasteiger partial charge in [-0.15, -0.1) is 0 Å². The van der Waals surface area contributed by atoms with E-state index in [-0.39, 0.29) is 31.5 Å². The Balaban J connectivity index is 3.88. The average Bonchev–Trinajstić information content (AvgIpc) is 2.41. The molecular weight excluding hydrogens is 316 g/mol. The number of hydrogen-bond acceptors (Lipinski definition) is 7. The molecule has 0 aliphatic rings. The Morgan fingerprint density at radius 1 is 1.05 bits per heavy atom. The minimum atomic E-state index is -3.01. The van der Waals surface area contributed by atoms with E-state index in [0.29, 0.717) is 6.61 Å². The number of rotatable bonds is 12. The zero-order valence-electron chi connectivity index (χ0n) is 13.8. The summed E-state index contributed by atoms with van der Waals surface area (Å²) in [5, 5.41) is 0. The molecule has 1 atom stereocenters. The van der Waals surface area contributed by atoms with Gasteiger partial charge in [-0.1, -0.05) is 0 Å². The van der Waals surface area contributed by atoms with Gasteiger partial charge in [-0.05, 0) is 27.7 Å². The topological polar surface area (TPSA) is 77.5 Å². The number of hydrogen-bond donors (Lipinski definition) is 1. The Morgan fingerprint density at radius 2 is 1.57 bits per heavy atom. The highest BCUT2D eigenvalue weighted by atomic mass is 31.2. The zero-order chi connectivity index (χ0) is 16.5. The molecule has 0 aromatic carbocycles. The third kappa shape index (κ3) is 8.58. The number of nitrogens with zero attached hydrogens (tertiary/aromatic N) is 1. The van der Waals surface area contributed by atoms with Gasteiger partial charge in [0.05, 0.1) is 26.0 Å². The smallest absolute Gasteiger partial charge is 0.332 e. The zero-order valence-corrected chi connectivity index (χ0v) is 15.6. The molecule has 7 nitrogen and oxygen atoms in total. The molecule has 0 aliphatic carbocycles. The van der Waals surface area contributed by atoms with Gasteiger partial charge in [0, 0.05) is 26.3 Å². The van der Waals surface area contributed by atoms with Gasteiger partial charge in [0.25, 0.3) is 8.53 Å². The van der Waals surface area contributed by atoms with Crippen LogP contribution < -0.4 is 0 Å². The van der Waals surface area contributed by atoms with E-state index in [9.17, 15) is 9.46 Å². The maximum Gasteiger partial charge on any atom is 0.332 e. The second-order valence-corrected chi connectivity index (χ2v) is 8.59. The molecule has 0 aromatic heterocycles. The van der Waals surface area contributed by atoms with E-state index in [1.165, 1.54) is 14.2 Å². The molecule has 9 heteroatoms. The quantitative estimate of drug-likeness (QED) is 0.430. The van der Waals surface area contributed by atoms with Crippen LogP contribution in [0, 0.1) is 0 Å². The third-order valence-corrected chi connectivity index (χ3v) is 6.33. The van der Waals surface area contributed by atoms with Crippen molar-refractivity contribution in [2.75, 3.05) is 40.2 Å². The van der Waals surface area contributed by atoms with Crippen LogP contribution in [0.25, 0.3) is 0 Å². The molecule has 0 radical (unpaired) electrons. The number of ether oxygens (including phenoxy) is 1. The van der Waals surface area contributed by atoms with Gasteiger partial charge < -0.3 is 23.2 Å². The summed E-state index contributed by atoms with van der Waals surface area (Å²) in [5.41, 5.74) is 0. The Morgan fingerprint density at radius 3 is 2.00 bits per heavy atom. The summed E-state index contributed by atoms with van der Waals surface area (Å²) in [6, 6.07) is 0.410. The Kier molecular flexibility index (Phi) is 11.3. The third-order valence-electron chi connectivity index (χ3n) is 2.76. The molecule has 0 rings (SSSR count). The second-order valence-electron chi connectivity index (χ2n) is 4.97. The van der Waals surface area contributed by atoms with Crippen LogP contribution in [-0.2, 0) is 22.9 Å². The Bertz CT molecular complexity index is 300. The first-order chi connectivity index (χ1) is 9.77. The van der Waals surface area contributed by atoms with E-state index in [4.69, 9.17) is 18.3 Å². The fourth-order valence-corrected chi connectivity index (χ4v) is 3.80. The molecule has 0 fully saturated rings. The highest BCUT2D eigenvalue weighted by Crippen LogP contribution is 2.45. The van der Waals surface area contributed by atoms with Gasteiger partial charge in [-0.2, -0.15) is 0 Å². The summed E-state index contributed by atoms with van der Waals surface area (Å²) in [7, 11) is -1.94. The molecule has 1 unspecified atom stereocenters. The second kappa shape index (κ2) is 11.0. The molecule has 0 bridgehead atoms. The molecule has 0 amide bonds. The highest BCUT2D eigenvalue weighted by Gasteiger charge is 2.24. The summed E-state index contributed by atoms with van der Waals surface area (Å²) in [6.07, 6.45) is 0.192. The van der Waals surface area contributed by atoms with Crippen molar-refractivity contribution in [1.82, 2.24) is 4.67 Å². The van der Waals surface area contributed by atoms with Crippen molar-refractivity contribution >= 4 is 16.1 Å². The van der Waals surface area contributed by atoms with Gasteiger partial charge in [-0.25, -0.2) is 4.67 Å². The lowest BCUT2D eigenvalue weighted by Gasteiger charge is -2.32. The van der Waals surface area contributed by atoms with Gasteiger partial charge >= 0.3 is 7.60 Å². The largest absolute Gasteiger partial charge is 0.378 e. The predicted molar refractivity (Wildman–Crippen MR) is 84.5 cm³/mol. The molecule has 21 heavy (non-hydrogen) atoms. The fourth-order valence-electron chi connectivity index (χ4n) is 1.77. The molecule has 0 heterocycles. The first-order valence-corrected chi connectivity index (χ1v) is 9.85. The Labute approximate surface area is 129 Å². The standard InChI is InChI=1S/C12H29NO6P2/c1-11(2)13(12(3)4)20(14)19-8-7-18-9-10-21(15,16-5)17-6/h11-12,14H,7-10H2,1-6H3. The first kappa shape index (κ1) is 21.4. The van der Waals surface area contributed by atoms with E-state index in [0.717, 1.165) is 0 Å². The van der Waals surface area contributed by atoms with Crippen LogP contribution in [0.2, 0.25) is 0 Å². The van der Waals surface area contributed by atoms with Crippen molar-refractivity contribution in [1.29, 1.82) is 0 Å². The molecule has 0 aromatic rings. The van der Waals surface area contributed by atoms with Crippen LogP contribution >= 0.6 is 16.1 Å². The van der Waals surface area contributed by atoms with Crippen LogP contribution in [0.5, 0.6) is 0 Å². The van der Waals surface area contributed by atoms with Gasteiger partial charge in [0.15, 0.2) is 0 Å². The lowest BCUT2D eigenvalue weighted by Crippen LogP contribution is -2.33. The van der Waals surface area contributed by atoms with Gasteiger partial charge in [0.1, 0.15) is 0 Å². The maximum absolute atomic E-state index is 11.7. The summed E-state index contributed by atoms with van der Waals surface area (Å²) >= 11 is 0. The molecule has 0 saturated carbocycles. The summed E-state index contributed by atoms with van der Waals surface area (Å²) in [5.74, 6) is 0. The summed E-state index contributed by atoms with van der Waals surface area (Å²) in [6.45, 7) is 8.90. The van der Waals surface area contributed by atoms with Crippen LogP contribution in [0.15, 0.2) is 0 Å². The molecule has 0 aliphatic heterocycles. The minimum absolute atomic E-state index is 0.192. The molecule has 0 saturated heterocycles. The van der Waals surface area contributed by atoms with Crippen LogP contribution in [0.4, 0.5) is 0 Å². The summed E-state index contributed by atoms with van der Waals surface area (Å²) < 4.78 is 33.9. The Hall–Kier alpha value is 0.420. The normalized spacial score (nSPS) is 14.4. The van der Waals surface area contributed by atoms with Crippen molar-refractivity contribution in [2.24, 2.45) is 0 Å². The lowest BCUT2D eigenvalue weighted by molar-refractivity contribution is 0.0997. The predicted octanol–water partition coefficient (Wildman–Crippen LogP) is 2.84. The van der Waals surface area contributed by atoms with E-state index >= 15 is 0 Å². The van der Waals surface area contributed by atoms with Crippen molar-refractivity contribution in [3.05, 3.63) is 0 Å². The highest BCUT2D eigenvalue weighted by molar-refractivity contribution is 7.53. The monoisotopic (exact) mass is 345 g/mol. The van der Waals surface area contributed by atoms with Crippen LogP contribution in [0.1, 0.15) is 27.7 Å². The molecule has 0 spiro atoms. The van der Waals surface area contributed by atoms with Crippen LogP contribution in [-0.4, -0.2) is 61.8 Å².